The smallest absolute Gasteiger partial charge is 0.257 e. The van der Waals surface area contributed by atoms with E-state index in [1.54, 1.807) is 11.0 Å². The van der Waals surface area contributed by atoms with Gasteiger partial charge in [0.2, 0.25) is 5.91 Å². The van der Waals surface area contributed by atoms with Gasteiger partial charge in [-0.15, -0.1) is 0 Å². The Labute approximate surface area is 149 Å². The van der Waals surface area contributed by atoms with Crippen molar-refractivity contribution in [3.8, 4) is 0 Å². The zero-order chi connectivity index (χ0) is 18.1. The Kier molecular flexibility index (Phi) is 7.26. The fraction of sp³-hybridized carbons (Fsp3) is 0.400. The molecule has 0 aliphatic carbocycles. The van der Waals surface area contributed by atoms with Crippen LogP contribution in [-0.2, 0) is 11.2 Å². The molecule has 1 aromatic carbocycles. The number of rotatable bonds is 9. The lowest BCUT2D eigenvalue weighted by Crippen LogP contribution is -2.41. The molecule has 0 saturated carbocycles. The quantitative estimate of drug-likeness (QED) is 0.761. The number of hydrogen-bond donors (Lipinski definition) is 1. The molecule has 2 rings (SSSR count). The Morgan fingerprint density at radius 3 is 2.60 bits per heavy atom. The summed E-state index contributed by atoms with van der Waals surface area (Å²) in [5.74, 6) is -0.135. The van der Waals surface area contributed by atoms with E-state index in [0.717, 1.165) is 12.8 Å². The lowest BCUT2D eigenvalue weighted by molar-refractivity contribution is -0.121. The third kappa shape index (κ3) is 5.78. The first-order valence-corrected chi connectivity index (χ1v) is 8.75. The van der Waals surface area contributed by atoms with Crippen molar-refractivity contribution in [2.75, 3.05) is 13.1 Å². The molecule has 0 aliphatic heterocycles. The van der Waals surface area contributed by atoms with Crippen LogP contribution in [0.25, 0.3) is 0 Å². The average molecular weight is 342 g/mol. The van der Waals surface area contributed by atoms with Crippen molar-refractivity contribution in [3.05, 3.63) is 60.1 Å². The summed E-state index contributed by atoms with van der Waals surface area (Å²) in [5.41, 5.74) is 1.71. The Balaban J connectivity index is 1.81. The molecule has 1 aromatic heterocycles. The van der Waals surface area contributed by atoms with E-state index in [1.807, 2.05) is 44.2 Å². The molecule has 0 fully saturated rings. The summed E-state index contributed by atoms with van der Waals surface area (Å²) >= 11 is 0. The second kappa shape index (κ2) is 9.67. The van der Waals surface area contributed by atoms with E-state index in [1.165, 1.54) is 18.1 Å². The van der Waals surface area contributed by atoms with Gasteiger partial charge in [0.1, 0.15) is 6.26 Å². The van der Waals surface area contributed by atoms with Crippen molar-refractivity contribution < 1.29 is 14.0 Å². The third-order valence-corrected chi connectivity index (χ3v) is 4.31. The summed E-state index contributed by atoms with van der Waals surface area (Å²) in [4.78, 5) is 26.4. The maximum atomic E-state index is 12.6. The molecule has 0 saturated heterocycles. The topological polar surface area (TPSA) is 62.6 Å². The van der Waals surface area contributed by atoms with E-state index < -0.39 is 0 Å². The second-order valence-corrected chi connectivity index (χ2v) is 6.10. The Morgan fingerprint density at radius 2 is 1.96 bits per heavy atom. The van der Waals surface area contributed by atoms with Gasteiger partial charge in [-0.05, 0) is 31.4 Å². The van der Waals surface area contributed by atoms with Crippen LogP contribution in [0.4, 0.5) is 0 Å². The maximum Gasteiger partial charge on any atom is 0.257 e. The van der Waals surface area contributed by atoms with Gasteiger partial charge in [-0.2, -0.15) is 0 Å². The van der Waals surface area contributed by atoms with Gasteiger partial charge in [0, 0.05) is 25.6 Å². The van der Waals surface area contributed by atoms with Crippen molar-refractivity contribution in [3.63, 3.8) is 0 Å². The summed E-state index contributed by atoms with van der Waals surface area (Å²) in [6.07, 6.45) is 4.85. The predicted molar refractivity (Wildman–Crippen MR) is 97.3 cm³/mol. The Hall–Kier alpha value is -2.56. The molecule has 0 bridgehead atoms. The van der Waals surface area contributed by atoms with Gasteiger partial charge in [0.15, 0.2) is 0 Å². The predicted octanol–water partition coefficient (Wildman–Crippen LogP) is 3.27. The summed E-state index contributed by atoms with van der Waals surface area (Å²) in [7, 11) is 0. The first-order valence-electron chi connectivity index (χ1n) is 8.75. The van der Waals surface area contributed by atoms with Crippen LogP contribution >= 0.6 is 0 Å². The molecule has 1 atom stereocenters. The number of nitrogens with zero attached hydrogens (tertiary/aromatic N) is 1. The molecule has 0 aliphatic rings. The van der Waals surface area contributed by atoms with Crippen molar-refractivity contribution >= 4 is 11.8 Å². The van der Waals surface area contributed by atoms with Gasteiger partial charge in [0.05, 0.1) is 11.8 Å². The second-order valence-electron chi connectivity index (χ2n) is 6.10. The molecule has 2 amide bonds. The van der Waals surface area contributed by atoms with E-state index >= 15 is 0 Å². The number of furan rings is 1. The lowest BCUT2D eigenvalue weighted by Gasteiger charge is -2.28. The number of benzene rings is 1. The van der Waals surface area contributed by atoms with Gasteiger partial charge in [-0.3, -0.25) is 9.59 Å². The summed E-state index contributed by atoms with van der Waals surface area (Å²) < 4.78 is 4.99. The minimum Gasteiger partial charge on any atom is -0.472 e. The van der Waals surface area contributed by atoms with Crippen LogP contribution in [0.2, 0.25) is 0 Å². The number of nitrogens with one attached hydrogen (secondary N) is 1. The van der Waals surface area contributed by atoms with Crippen LogP contribution in [0.3, 0.4) is 0 Å². The van der Waals surface area contributed by atoms with Crippen LogP contribution in [0, 0.1) is 0 Å². The van der Waals surface area contributed by atoms with Crippen molar-refractivity contribution in [2.45, 2.75) is 39.2 Å². The standard InChI is InChI=1S/C20H26N2O3/c1-3-16(2)22(20(24)18-11-14-25-15-18)13-10-19(23)21-12-9-17-7-5-4-6-8-17/h4-8,11,14-16H,3,9-10,12-13H2,1-2H3,(H,21,23)/t16-/m0/s1. The van der Waals surface area contributed by atoms with E-state index in [-0.39, 0.29) is 17.9 Å². The van der Waals surface area contributed by atoms with Crippen LogP contribution in [0.1, 0.15) is 42.6 Å². The van der Waals surface area contributed by atoms with Crippen molar-refractivity contribution in [1.82, 2.24) is 10.2 Å². The van der Waals surface area contributed by atoms with E-state index in [4.69, 9.17) is 4.42 Å². The third-order valence-electron chi connectivity index (χ3n) is 4.31. The number of carbonyl (C=O) groups excluding carboxylic acids is 2. The highest BCUT2D eigenvalue weighted by atomic mass is 16.3. The molecule has 5 nitrogen and oxygen atoms in total. The van der Waals surface area contributed by atoms with Gasteiger partial charge in [0.25, 0.3) is 5.91 Å². The first kappa shape index (κ1) is 18.8. The number of carbonyl (C=O) groups is 2. The maximum absolute atomic E-state index is 12.6. The average Bonchev–Trinajstić information content (AvgIpc) is 3.17. The SMILES string of the molecule is CC[C@H](C)N(CCC(=O)NCCc1ccccc1)C(=O)c1ccoc1. The molecular formula is C20H26N2O3. The zero-order valence-electron chi connectivity index (χ0n) is 14.9. The fourth-order valence-corrected chi connectivity index (χ4v) is 2.60. The van der Waals surface area contributed by atoms with Crippen LogP contribution < -0.4 is 5.32 Å². The van der Waals surface area contributed by atoms with Crippen LogP contribution in [0.15, 0.2) is 53.3 Å². The molecule has 2 aromatic rings. The first-order chi connectivity index (χ1) is 12.1. The van der Waals surface area contributed by atoms with Crippen molar-refractivity contribution in [1.29, 1.82) is 0 Å². The van der Waals surface area contributed by atoms with E-state index in [0.29, 0.717) is 25.1 Å². The highest BCUT2D eigenvalue weighted by molar-refractivity contribution is 5.94. The summed E-state index contributed by atoms with van der Waals surface area (Å²) in [6, 6.07) is 11.8. The molecule has 5 heteroatoms. The molecule has 1 heterocycles. The van der Waals surface area contributed by atoms with E-state index in [2.05, 4.69) is 5.32 Å². The van der Waals surface area contributed by atoms with Gasteiger partial charge >= 0.3 is 0 Å². The summed E-state index contributed by atoms with van der Waals surface area (Å²) in [5, 5.41) is 2.92. The highest BCUT2D eigenvalue weighted by Gasteiger charge is 2.21. The normalized spacial score (nSPS) is 11.8. The van der Waals surface area contributed by atoms with Crippen LogP contribution in [-0.4, -0.2) is 35.8 Å². The molecule has 0 radical (unpaired) electrons. The monoisotopic (exact) mass is 342 g/mol. The van der Waals surface area contributed by atoms with Gasteiger partial charge in [-0.25, -0.2) is 0 Å². The molecule has 134 valence electrons. The molecule has 0 spiro atoms. The lowest BCUT2D eigenvalue weighted by atomic mass is 10.1. The largest absolute Gasteiger partial charge is 0.472 e. The minimum atomic E-state index is -0.0971. The Morgan fingerprint density at radius 1 is 1.20 bits per heavy atom. The zero-order valence-corrected chi connectivity index (χ0v) is 14.9. The van der Waals surface area contributed by atoms with Crippen molar-refractivity contribution in [2.24, 2.45) is 0 Å². The molecular weight excluding hydrogens is 316 g/mol. The van der Waals surface area contributed by atoms with Gasteiger partial charge < -0.3 is 14.6 Å². The number of hydrogen-bond acceptors (Lipinski definition) is 3. The molecule has 25 heavy (non-hydrogen) atoms. The number of amides is 2. The molecule has 1 N–H and O–H groups in total. The fourth-order valence-electron chi connectivity index (χ4n) is 2.60. The minimum absolute atomic E-state index is 0.0378. The van der Waals surface area contributed by atoms with E-state index in [9.17, 15) is 9.59 Å². The van der Waals surface area contributed by atoms with Crippen LogP contribution in [0.5, 0.6) is 0 Å². The summed E-state index contributed by atoms with van der Waals surface area (Å²) in [6.45, 7) is 5.02. The Bertz CT molecular complexity index is 653. The molecule has 0 unspecified atom stereocenters. The van der Waals surface area contributed by atoms with Gasteiger partial charge in [-0.1, -0.05) is 37.3 Å². The highest BCUT2D eigenvalue weighted by Crippen LogP contribution is 2.12.